The van der Waals surface area contributed by atoms with Gasteiger partial charge in [0.05, 0.1) is 5.56 Å². The maximum Gasteiger partial charge on any atom is 0.414 e. The highest BCUT2D eigenvalue weighted by Gasteiger charge is 2.23. The zero-order valence-corrected chi connectivity index (χ0v) is 16.5. The first-order valence-corrected chi connectivity index (χ1v) is 9.33. The lowest BCUT2D eigenvalue weighted by atomic mass is 10.0. The van der Waals surface area contributed by atoms with Crippen molar-refractivity contribution in [1.29, 1.82) is 0 Å². The van der Waals surface area contributed by atoms with Crippen LogP contribution >= 0.6 is 15.9 Å². The molecule has 28 heavy (non-hydrogen) atoms. The summed E-state index contributed by atoms with van der Waals surface area (Å²) in [7, 11) is 0. The fourth-order valence-electron chi connectivity index (χ4n) is 2.68. The van der Waals surface area contributed by atoms with Crippen LogP contribution in [-0.2, 0) is 9.59 Å². The smallest absolute Gasteiger partial charge is 0.414 e. The Morgan fingerprint density at radius 3 is 2.14 bits per heavy atom. The van der Waals surface area contributed by atoms with Crippen molar-refractivity contribution in [3.63, 3.8) is 0 Å². The largest absolute Gasteiger partial charge is 0.473 e. The van der Waals surface area contributed by atoms with Crippen molar-refractivity contribution >= 4 is 39.5 Å². The Labute approximate surface area is 170 Å². The van der Waals surface area contributed by atoms with Crippen LogP contribution in [0.4, 0.5) is 5.69 Å². The molecule has 148 valence electrons. The molecule has 0 atom stereocenters. The molecule has 1 fully saturated rings. The fourth-order valence-corrected chi connectivity index (χ4v) is 2.94. The number of hydrogen-bond acceptors (Lipinski definition) is 5. The van der Waals surface area contributed by atoms with E-state index < -0.39 is 11.9 Å². The van der Waals surface area contributed by atoms with Gasteiger partial charge in [-0.3, -0.25) is 9.78 Å². The molecule has 8 nitrogen and oxygen atoms in total. The Balaban J connectivity index is 0.000000409. The summed E-state index contributed by atoms with van der Waals surface area (Å²) < 4.78 is 1.08. The number of rotatable bonds is 3. The SMILES string of the molecule is O=C(O)C(=O)O.O=C(c1cccnc1)N1CCC(Nc2ccc(Br)cc2)CC1. The van der Waals surface area contributed by atoms with Crippen LogP contribution in [0.15, 0.2) is 53.3 Å². The molecule has 3 rings (SSSR count). The number of nitrogens with zero attached hydrogens (tertiary/aromatic N) is 2. The number of carboxylic acid groups (broad SMARTS) is 2. The number of aliphatic carboxylic acids is 2. The number of likely N-dealkylation sites (tertiary alicyclic amines) is 1. The van der Waals surface area contributed by atoms with Gasteiger partial charge in [0, 0.05) is 41.7 Å². The Kier molecular flexibility index (Phi) is 7.94. The maximum atomic E-state index is 12.4. The third kappa shape index (κ3) is 6.66. The molecular weight excluding hydrogens is 430 g/mol. The van der Waals surface area contributed by atoms with E-state index in [2.05, 4.69) is 38.4 Å². The number of nitrogens with one attached hydrogen (secondary N) is 1. The number of aromatic nitrogens is 1. The Hall–Kier alpha value is -2.94. The number of benzene rings is 1. The van der Waals surface area contributed by atoms with Crippen LogP contribution < -0.4 is 5.32 Å². The molecule has 1 aromatic carbocycles. The van der Waals surface area contributed by atoms with Crippen LogP contribution in [0.2, 0.25) is 0 Å². The van der Waals surface area contributed by atoms with Crippen molar-refractivity contribution in [1.82, 2.24) is 9.88 Å². The third-order valence-electron chi connectivity index (χ3n) is 4.09. The monoisotopic (exact) mass is 449 g/mol. The predicted octanol–water partition coefficient (Wildman–Crippen LogP) is 2.72. The molecule has 0 aliphatic carbocycles. The molecular formula is C19H20BrN3O5. The topological polar surface area (TPSA) is 120 Å². The summed E-state index contributed by atoms with van der Waals surface area (Å²) in [5.41, 5.74) is 1.79. The van der Waals surface area contributed by atoms with Crippen molar-refractivity contribution in [2.75, 3.05) is 18.4 Å². The second kappa shape index (κ2) is 10.4. The van der Waals surface area contributed by atoms with Crippen molar-refractivity contribution in [3.8, 4) is 0 Å². The van der Waals surface area contributed by atoms with E-state index in [1.165, 1.54) is 0 Å². The summed E-state index contributed by atoms with van der Waals surface area (Å²) in [6.45, 7) is 1.56. The summed E-state index contributed by atoms with van der Waals surface area (Å²) in [5.74, 6) is -3.57. The number of anilines is 1. The average molecular weight is 450 g/mol. The Morgan fingerprint density at radius 2 is 1.64 bits per heavy atom. The first-order valence-electron chi connectivity index (χ1n) is 8.54. The molecule has 1 aliphatic rings. The lowest BCUT2D eigenvalue weighted by Gasteiger charge is -2.33. The molecule has 3 N–H and O–H groups in total. The van der Waals surface area contributed by atoms with Gasteiger partial charge in [-0.25, -0.2) is 9.59 Å². The van der Waals surface area contributed by atoms with Gasteiger partial charge in [0.25, 0.3) is 5.91 Å². The van der Waals surface area contributed by atoms with E-state index in [4.69, 9.17) is 19.8 Å². The standard InChI is InChI=1S/C17H18BrN3O.C2H2O4/c18-14-3-5-15(6-4-14)20-16-7-10-21(11-8-16)17(22)13-2-1-9-19-12-13;3-1(4)2(5)6/h1-6,9,12,16,20H,7-8,10-11H2;(H,3,4)(H,5,6). The Bertz CT molecular complexity index is 794. The summed E-state index contributed by atoms with van der Waals surface area (Å²) in [4.78, 5) is 36.5. The minimum absolute atomic E-state index is 0.0789. The van der Waals surface area contributed by atoms with Gasteiger partial charge in [0.15, 0.2) is 0 Å². The second-order valence-corrected chi connectivity index (χ2v) is 6.99. The van der Waals surface area contributed by atoms with Gasteiger partial charge < -0.3 is 20.4 Å². The van der Waals surface area contributed by atoms with Crippen molar-refractivity contribution in [3.05, 3.63) is 58.8 Å². The molecule has 0 bridgehead atoms. The fraction of sp³-hybridized carbons (Fsp3) is 0.263. The second-order valence-electron chi connectivity index (χ2n) is 6.07. The van der Waals surface area contributed by atoms with Gasteiger partial charge in [-0.1, -0.05) is 15.9 Å². The zero-order valence-electron chi connectivity index (χ0n) is 14.9. The highest BCUT2D eigenvalue weighted by molar-refractivity contribution is 9.10. The Morgan fingerprint density at radius 1 is 1.04 bits per heavy atom. The molecule has 2 aromatic rings. The highest BCUT2D eigenvalue weighted by Crippen LogP contribution is 2.20. The molecule has 0 unspecified atom stereocenters. The van der Waals surface area contributed by atoms with Crippen molar-refractivity contribution < 1.29 is 24.6 Å². The molecule has 9 heteroatoms. The molecule has 1 amide bonds. The highest BCUT2D eigenvalue weighted by atomic mass is 79.9. The molecule has 1 aromatic heterocycles. The summed E-state index contributed by atoms with van der Waals surface area (Å²) >= 11 is 3.44. The van der Waals surface area contributed by atoms with Crippen molar-refractivity contribution in [2.45, 2.75) is 18.9 Å². The van der Waals surface area contributed by atoms with Gasteiger partial charge >= 0.3 is 11.9 Å². The molecule has 0 radical (unpaired) electrons. The first kappa shape index (κ1) is 21.4. The molecule has 0 spiro atoms. The quantitative estimate of drug-likeness (QED) is 0.615. The predicted molar refractivity (Wildman–Crippen MR) is 106 cm³/mol. The first-order chi connectivity index (χ1) is 13.4. The van der Waals surface area contributed by atoms with E-state index in [9.17, 15) is 4.79 Å². The number of hydrogen-bond donors (Lipinski definition) is 3. The van der Waals surface area contributed by atoms with Crippen LogP contribution in [0.3, 0.4) is 0 Å². The number of carboxylic acids is 2. The number of amides is 1. The van der Waals surface area contributed by atoms with E-state index in [-0.39, 0.29) is 5.91 Å². The van der Waals surface area contributed by atoms with Crippen LogP contribution in [-0.4, -0.2) is 57.1 Å². The van der Waals surface area contributed by atoms with Gasteiger partial charge in [-0.2, -0.15) is 0 Å². The number of halogens is 1. The van der Waals surface area contributed by atoms with E-state index in [0.29, 0.717) is 11.6 Å². The third-order valence-corrected chi connectivity index (χ3v) is 4.62. The minimum Gasteiger partial charge on any atom is -0.473 e. The number of carbonyl (C=O) groups excluding carboxylic acids is 1. The van der Waals surface area contributed by atoms with Crippen LogP contribution in [0.25, 0.3) is 0 Å². The van der Waals surface area contributed by atoms with Crippen LogP contribution in [0.5, 0.6) is 0 Å². The summed E-state index contributed by atoms with van der Waals surface area (Å²) in [6.07, 6.45) is 5.24. The van der Waals surface area contributed by atoms with Crippen LogP contribution in [0, 0.1) is 0 Å². The lowest BCUT2D eigenvalue weighted by molar-refractivity contribution is -0.159. The number of piperidine rings is 1. The van der Waals surface area contributed by atoms with Gasteiger partial charge in [-0.05, 0) is 49.2 Å². The van der Waals surface area contributed by atoms with E-state index in [1.54, 1.807) is 18.5 Å². The minimum atomic E-state index is -1.82. The average Bonchev–Trinajstić information content (AvgIpc) is 2.71. The maximum absolute atomic E-state index is 12.4. The normalized spacial score (nSPS) is 13.8. The van der Waals surface area contributed by atoms with Gasteiger partial charge in [-0.15, -0.1) is 0 Å². The zero-order chi connectivity index (χ0) is 20.5. The molecule has 2 heterocycles. The number of carbonyl (C=O) groups is 3. The van der Waals surface area contributed by atoms with E-state index in [1.807, 2.05) is 23.1 Å². The van der Waals surface area contributed by atoms with Gasteiger partial charge in [0.2, 0.25) is 0 Å². The molecule has 0 saturated carbocycles. The summed E-state index contributed by atoms with van der Waals surface area (Å²) in [6, 6.07) is 12.2. The summed E-state index contributed by atoms with van der Waals surface area (Å²) in [5, 5.41) is 18.3. The van der Waals surface area contributed by atoms with Gasteiger partial charge in [0.1, 0.15) is 0 Å². The molecule has 1 saturated heterocycles. The van der Waals surface area contributed by atoms with Crippen molar-refractivity contribution in [2.24, 2.45) is 0 Å². The van der Waals surface area contributed by atoms with Crippen LogP contribution in [0.1, 0.15) is 23.2 Å². The lowest BCUT2D eigenvalue weighted by Crippen LogP contribution is -2.42. The van der Waals surface area contributed by atoms with E-state index in [0.717, 1.165) is 36.1 Å². The molecule has 1 aliphatic heterocycles. The number of pyridine rings is 1. The van der Waals surface area contributed by atoms with E-state index >= 15 is 0 Å².